The van der Waals surface area contributed by atoms with Gasteiger partial charge in [-0.05, 0) is 98.7 Å². The molecule has 0 saturated carbocycles. The summed E-state index contributed by atoms with van der Waals surface area (Å²) in [5, 5.41) is 20.8. The molecule has 0 aliphatic heterocycles. The fourth-order valence-corrected chi connectivity index (χ4v) is 27.7. The van der Waals surface area contributed by atoms with Gasteiger partial charge < -0.3 is 0 Å². The predicted molar refractivity (Wildman–Crippen MR) is 546 cm³/mol. The van der Waals surface area contributed by atoms with Crippen molar-refractivity contribution in [3.8, 4) is 62.6 Å². The summed E-state index contributed by atoms with van der Waals surface area (Å²) < 4.78 is 22.8. The molecule has 0 aliphatic rings. The van der Waals surface area contributed by atoms with Gasteiger partial charge in [-0.25, -0.2) is 24.9 Å². The molecule has 9 nitrogen and oxygen atoms in total. The minimum Gasteiger partial charge on any atom is -0.291 e. The van der Waals surface area contributed by atoms with E-state index in [1.165, 1.54) is 154 Å². The van der Waals surface area contributed by atoms with E-state index in [0.717, 1.165) is 94.3 Å². The molecule has 0 atom stereocenters. The number of benzene rings is 16. The lowest BCUT2D eigenvalue weighted by molar-refractivity contribution is 1.00. The molecular formula is C112H63N9S6. The molecule has 0 fully saturated rings. The maximum absolute atomic E-state index is 5.44. The second-order valence-corrected chi connectivity index (χ2v) is 38.4. The van der Waals surface area contributed by atoms with E-state index in [0.29, 0.717) is 11.9 Å². The average molecular weight is 1730 g/mol. The number of pyridine rings is 2. The number of aromatic nitrogens is 9. The predicted octanol–water partition coefficient (Wildman–Crippen LogP) is 32.7. The maximum Gasteiger partial charge on any atom is 0.235 e. The zero-order chi connectivity index (χ0) is 83.1. The lowest BCUT2D eigenvalue weighted by Crippen LogP contribution is -2.04. The first kappa shape index (κ1) is 72.4. The third-order valence-electron chi connectivity index (χ3n) is 25.1. The van der Waals surface area contributed by atoms with Crippen molar-refractivity contribution in [1.29, 1.82) is 0 Å². The van der Waals surface area contributed by atoms with Crippen LogP contribution < -0.4 is 0 Å². The molecule has 0 spiro atoms. The van der Waals surface area contributed by atoms with Crippen molar-refractivity contribution in [3.05, 3.63) is 382 Å². The molecule has 0 saturated heterocycles. The van der Waals surface area contributed by atoms with Crippen LogP contribution in [0.5, 0.6) is 0 Å². The normalized spacial score (nSPS) is 12.1. The van der Waals surface area contributed by atoms with Crippen LogP contribution in [0.4, 0.5) is 0 Å². The fourth-order valence-electron chi connectivity index (χ4n) is 19.3. The lowest BCUT2D eigenvalue weighted by atomic mass is 10.0. The van der Waals surface area contributed by atoms with Gasteiger partial charge in [-0.2, -0.15) is 0 Å². The lowest BCUT2D eigenvalue weighted by Gasteiger charge is -2.14. The van der Waals surface area contributed by atoms with Crippen LogP contribution in [0.3, 0.4) is 0 Å². The third-order valence-corrected chi connectivity index (χ3v) is 32.7. The first-order valence-corrected chi connectivity index (χ1v) is 47.2. The third kappa shape index (κ3) is 11.3. The van der Waals surface area contributed by atoms with Crippen LogP contribution in [-0.2, 0) is 0 Å². The van der Waals surface area contributed by atoms with Crippen LogP contribution in [0, 0.1) is 0 Å². The molecule has 13 aromatic heterocycles. The van der Waals surface area contributed by atoms with Crippen molar-refractivity contribution < 1.29 is 0 Å². The van der Waals surface area contributed by atoms with Gasteiger partial charge in [-0.15, -0.1) is 68.0 Å². The molecule has 592 valence electrons. The first-order chi connectivity index (χ1) is 63.0. The highest BCUT2D eigenvalue weighted by molar-refractivity contribution is 7.38. The monoisotopic (exact) mass is 1730 g/mol. The van der Waals surface area contributed by atoms with Crippen molar-refractivity contribution in [1.82, 2.24) is 43.6 Å². The Morgan fingerprint density at radius 2 is 0.646 bits per heavy atom. The summed E-state index contributed by atoms with van der Waals surface area (Å²) >= 11 is 11.3. The number of rotatable bonds is 7. The summed E-state index contributed by atoms with van der Waals surface area (Å²) in [7, 11) is 0. The number of hydrogen-bond donors (Lipinski definition) is 0. The highest BCUT2D eigenvalue weighted by atomic mass is 32.1. The van der Waals surface area contributed by atoms with E-state index in [-0.39, 0.29) is 0 Å². The van der Waals surface area contributed by atoms with Crippen LogP contribution in [0.25, 0.3) is 260 Å². The molecule has 0 radical (unpaired) electrons. The standard InChI is InChI=1S/C42H25N3S2.C38H21N3S2.C32H17N3S2/c1-3-12-26(13-4-1)29-17-11-18-30(24-29)35-25-34(28-15-5-2-6-16-28)43-42(44-35)45-37-31-19-8-7-14-27(31)22-23-33(37)39-38(45)41-40(47-39)32-20-9-10-21-36(32)46-41;1-2-12-24(13-3-1)31-28-20-18-22-10-4-6-14-25(22)32(28)40-38(39-31)41-33-26-15-7-5-11-23(26)19-21-29(33)35-34(41)37-36(43-35)27-16-8-9-17-30(27)42-37;1-2-8-21-18(6-1)13-15-24-26(21)31-32(36-24)29-30(37-31)22-9-3-4-10-23(22)35(29)25-16-14-20-12-11-19-7-5-17-33-27(19)28(20)34-25/h1-25H;1-21H;1-17H. The Hall–Kier alpha value is -15.0. The Labute approximate surface area is 747 Å². The number of thiophene rings is 6. The largest absolute Gasteiger partial charge is 0.291 e. The van der Waals surface area contributed by atoms with E-state index in [9.17, 15) is 0 Å². The van der Waals surface area contributed by atoms with E-state index in [4.69, 9.17) is 24.9 Å². The molecule has 0 unspecified atom stereocenters. The molecule has 0 aliphatic carbocycles. The van der Waals surface area contributed by atoms with Crippen LogP contribution in [0.15, 0.2) is 382 Å². The Morgan fingerprint density at radius 3 is 1.30 bits per heavy atom. The van der Waals surface area contributed by atoms with Gasteiger partial charge in [0.05, 0.1) is 109 Å². The van der Waals surface area contributed by atoms with E-state index < -0.39 is 0 Å². The first-order valence-electron chi connectivity index (χ1n) is 42.3. The van der Waals surface area contributed by atoms with Crippen LogP contribution in [0.2, 0.25) is 0 Å². The summed E-state index contributed by atoms with van der Waals surface area (Å²) in [5.74, 6) is 2.31. The topological polar surface area (TPSA) is 92.1 Å². The SMILES string of the molecule is c1ccc(-c2cccc(-c3cc(-c4ccccc4)nc(-n4c5c6ccccc6ccc5c5sc6c7ccccc7sc6c54)n3)c2)cc1.c1ccc(-c2nc(-n3c4c5ccccc5ccc4c4sc5c6ccccc6sc5c43)nc3c2ccc2ccccc23)cc1.c1ccc2c(c1)ccc1sc3c(sc4c5ccccc5n(-c5ccc6ccc7cccnc7c6n5)c43)c12. The van der Waals surface area contributed by atoms with E-state index in [2.05, 4.69) is 389 Å². The summed E-state index contributed by atoms with van der Waals surface area (Å²) in [6.07, 6.45) is 1.85. The molecule has 29 rings (SSSR count). The molecule has 0 bridgehead atoms. The second kappa shape index (κ2) is 28.8. The minimum absolute atomic E-state index is 0.681. The Kier molecular flexibility index (Phi) is 16.4. The van der Waals surface area contributed by atoms with Crippen molar-refractivity contribution >= 4 is 266 Å². The average Bonchev–Trinajstić information content (AvgIpc) is 1.51. The van der Waals surface area contributed by atoms with E-state index in [1.54, 1.807) is 0 Å². The van der Waals surface area contributed by atoms with E-state index >= 15 is 0 Å². The Balaban J connectivity index is 0.0000000994. The van der Waals surface area contributed by atoms with E-state index in [1.807, 2.05) is 80.3 Å². The Morgan fingerprint density at radius 1 is 0.205 bits per heavy atom. The molecule has 29 aromatic rings. The zero-order valence-electron chi connectivity index (χ0n) is 67.3. The number of nitrogens with zero attached hydrogens (tertiary/aromatic N) is 9. The van der Waals surface area contributed by atoms with Gasteiger partial charge in [0.15, 0.2) is 0 Å². The van der Waals surface area contributed by atoms with Gasteiger partial charge in [0.1, 0.15) is 5.82 Å². The molecule has 0 amide bonds. The van der Waals surface area contributed by atoms with Gasteiger partial charge in [-0.3, -0.25) is 18.7 Å². The Bertz CT molecular complexity index is 9640. The number of para-hydroxylation sites is 1. The molecule has 0 N–H and O–H groups in total. The van der Waals surface area contributed by atoms with Gasteiger partial charge in [0.25, 0.3) is 0 Å². The van der Waals surface area contributed by atoms with Gasteiger partial charge in [-0.1, -0.05) is 315 Å². The molecule has 127 heavy (non-hydrogen) atoms. The van der Waals surface area contributed by atoms with Crippen LogP contribution in [0.1, 0.15) is 0 Å². The van der Waals surface area contributed by atoms with Crippen LogP contribution >= 0.6 is 68.0 Å². The summed E-state index contributed by atoms with van der Waals surface area (Å²) in [6, 6.07) is 134. The van der Waals surface area contributed by atoms with Gasteiger partial charge in [0, 0.05) is 102 Å². The minimum atomic E-state index is 0.681. The molecule has 15 heteroatoms. The van der Waals surface area contributed by atoms with Crippen molar-refractivity contribution in [2.45, 2.75) is 0 Å². The highest BCUT2D eigenvalue weighted by Gasteiger charge is 2.29. The van der Waals surface area contributed by atoms with Gasteiger partial charge >= 0.3 is 0 Å². The number of fused-ring (bicyclic) bond motifs is 33. The fraction of sp³-hybridized carbons (Fsp3) is 0. The maximum atomic E-state index is 5.44. The number of hydrogen-bond acceptors (Lipinski definition) is 12. The van der Waals surface area contributed by atoms with Crippen molar-refractivity contribution in [2.24, 2.45) is 0 Å². The van der Waals surface area contributed by atoms with Gasteiger partial charge in [0.2, 0.25) is 11.9 Å². The van der Waals surface area contributed by atoms with Crippen LogP contribution in [-0.4, -0.2) is 43.6 Å². The quantitative estimate of drug-likeness (QED) is 0.148. The second-order valence-electron chi connectivity index (χ2n) is 32.2. The highest BCUT2D eigenvalue weighted by Crippen LogP contribution is 2.54. The van der Waals surface area contributed by atoms with Crippen molar-refractivity contribution in [3.63, 3.8) is 0 Å². The zero-order valence-corrected chi connectivity index (χ0v) is 72.2. The molecule has 16 aromatic carbocycles. The smallest absolute Gasteiger partial charge is 0.235 e. The van der Waals surface area contributed by atoms with Crippen molar-refractivity contribution in [2.75, 3.05) is 0 Å². The molecule has 13 heterocycles. The summed E-state index contributed by atoms with van der Waals surface area (Å²) in [5.41, 5.74) is 18.3. The summed E-state index contributed by atoms with van der Waals surface area (Å²) in [6.45, 7) is 0. The molecular weight excluding hydrogens is 1660 g/mol. The summed E-state index contributed by atoms with van der Waals surface area (Å²) in [4.78, 5) is 31.6.